The molecule has 1 aliphatic heterocycles. The van der Waals surface area contributed by atoms with Crippen LogP contribution in [0.5, 0.6) is 0 Å². The summed E-state index contributed by atoms with van der Waals surface area (Å²) in [4.78, 5) is 28.3. The largest absolute Gasteiger partial charge is 0.368 e. The van der Waals surface area contributed by atoms with Crippen LogP contribution in [0.1, 0.15) is 16.6 Å². The topological polar surface area (TPSA) is 64.7 Å². The average molecular weight is 389 g/mol. The first-order chi connectivity index (χ1) is 12.5. The summed E-state index contributed by atoms with van der Waals surface area (Å²) >= 11 is 6.53. The quantitative estimate of drug-likeness (QED) is 0.791. The number of anilines is 2. The van der Waals surface area contributed by atoms with Gasteiger partial charge in [-0.15, -0.1) is 11.3 Å². The zero-order chi connectivity index (χ0) is 18.5. The molecule has 0 radical (unpaired) electrons. The zero-order valence-corrected chi connectivity index (χ0v) is 16.0. The second kappa shape index (κ2) is 8.29. The molecule has 0 bridgehead atoms. The maximum atomic E-state index is 12.4. The first kappa shape index (κ1) is 18.3. The molecule has 0 aliphatic carbocycles. The Labute approximate surface area is 161 Å². The molecule has 1 saturated heterocycles. The van der Waals surface area contributed by atoms with E-state index in [1.807, 2.05) is 46.7 Å². The molecule has 3 rings (SSSR count). The van der Waals surface area contributed by atoms with Crippen molar-refractivity contribution in [3.8, 4) is 0 Å². The lowest BCUT2D eigenvalue weighted by molar-refractivity contribution is -0.117. The van der Waals surface area contributed by atoms with Crippen molar-refractivity contribution < 1.29 is 9.59 Å². The van der Waals surface area contributed by atoms with E-state index in [-0.39, 0.29) is 16.9 Å². The van der Waals surface area contributed by atoms with Crippen molar-refractivity contribution in [1.82, 2.24) is 10.2 Å². The molecule has 2 amide bonds. The SMILES string of the molecule is CC(=O)NC(=S)Nc1ccc(N2CCN(C(=O)c3cccs3)CC2)cc1. The fourth-order valence-electron chi connectivity index (χ4n) is 2.80. The smallest absolute Gasteiger partial charge is 0.264 e. The van der Waals surface area contributed by atoms with Gasteiger partial charge in [-0.1, -0.05) is 6.07 Å². The number of amides is 2. The number of thiophene rings is 1. The lowest BCUT2D eigenvalue weighted by Gasteiger charge is -2.36. The maximum absolute atomic E-state index is 12.4. The summed E-state index contributed by atoms with van der Waals surface area (Å²) in [5.74, 6) is -0.0835. The number of carbonyl (C=O) groups excluding carboxylic acids is 2. The van der Waals surface area contributed by atoms with Gasteiger partial charge in [0.25, 0.3) is 5.91 Å². The molecule has 1 aliphatic rings. The molecule has 6 nitrogen and oxygen atoms in total. The van der Waals surface area contributed by atoms with E-state index in [9.17, 15) is 9.59 Å². The second-order valence-corrected chi connectivity index (χ2v) is 7.29. The molecule has 26 heavy (non-hydrogen) atoms. The Hall–Kier alpha value is -2.45. The number of thiocarbonyl (C=S) groups is 1. The van der Waals surface area contributed by atoms with Gasteiger partial charge >= 0.3 is 0 Å². The van der Waals surface area contributed by atoms with Crippen LogP contribution in [0.15, 0.2) is 41.8 Å². The van der Waals surface area contributed by atoms with E-state index in [2.05, 4.69) is 15.5 Å². The van der Waals surface area contributed by atoms with Gasteiger partial charge < -0.3 is 20.4 Å². The molecule has 0 atom stereocenters. The summed E-state index contributed by atoms with van der Waals surface area (Å²) in [5.41, 5.74) is 1.92. The van der Waals surface area contributed by atoms with Crippen molar-refractivity contribution in [2.45, 2.75) is 6.92 Å². The summed E-state index contributed by atoms with van der Waals surface area (Å²) in [7, 11) is 0. The highest BCUT2D eigenvalue weighted by atomic mass is 32.1. The van der Waals surface area contributed by atoms with Crippen molar-refractivity contribution in [3.63, 3.8) is 0 Å². The van der Waals surface area contributed by atoms with Gasteiger partial charge in [-0.2, -0.15) is 0 Å². The van der Waals surface area contributed by atoms with Crippen molar-refractivity contribution >= 4 is 51.9 Å². The highest BCUT2D eigenvalue weighted by Gasteiger charge is 2.22. The number of hydrogen-bond donors (Lipinski definition) is 2. The van der Waals surface area contributed by atoms with Crippen LogP contribution in [-0.2, 0) is 4.79 Å². The Kier molecular flexibility index (Phi) is 5.85. The summed E-state index contributed by atoms with van der Waals surface area (Å²) in [6.07, 6.45) is 0. The molecule has 0 spiro atoms. The van der Waals surface area contributed by atoms with E-state index < -0.39 is 0 Å². The Balaban J connectivity index is 1.54. The minimum atomic E-state index is -0.200. The zero-order valence-electron chi connectivity index (χ0n) is 14.4. The summed E-state index contributed by atoms with van der Waals surface area (Å²) in [6, 6.07) is 11.6. The van der Waals surface area contributed by atoms with Crippen LogP contribution in [-0.4, -0.2) is 48.0 Å². The number of benzene rings is 1. The predicted octanol–water partition coefficient (Wildman–Crippen LogP) is 2.54. The Bertz CT molecular complexity index is 782. The van der Waals surface area contributed by atoms with Crippen LogP contribution in [0.3, 0.4) is 0 Å². The van der Waals surface area contributed by atoms with Crippen molar-refractivity contribution in [1.29, 1.82) is 0 Å². The van der Waals surface area contributed by atoms with E-state index >= 15 is 0 Å². The summed E-state index contributed by atoms with van der Waals surface area (Å²) < 4.78 is 0. The number of nitrogens with one attached hydrogen (secondary N) is 2. The molecule has 2 N–H and O–H groups in total. The fourth-order valence-corrected chi connectivity index (χ4v) is 3.75. The first-order valence-corrected chi connectivity index (χ1v) is 9.58. The summed E-state index contributed by atoms with van der Waals surface area (Å²) in [5, 5.41) is 7.71. The number of carbonyl (C=O) groups is 2. The number of hydrogen-bond acceptors (Lipinski definition) is 5. The molecular weight excluding hydrogens is 368 g/mol. The molecule has 2 aromatic rings. The van der Waals surface area contributed by atoms with Crippen LogP contribution in [0.4, 0.5) is 11.4 Å². The van der Waals surface area contributed by atoms with Crippen LogP contribution >= 0.6 is 23.6 Å². The van der Waals surface area contributed by atoms with Gasteiger partial charge in [-0.05, 0) is 47.9 Å². The van der Waals surface area contributed by atoms with Gasteiger partial charge in [0.2, 0.25) is 5.91 Å². The molecular formula is C18H20N4O2S2. The van der Waals surface area contributed by atoms with E-state index in [0.717, 1.165) is 29.3 Å². The number of rotatable bonds is 3. The molecule has 1 aromatic carbocycles. The fraction of sp³-hybridized carbons (Fsp3) is 0.278. The van der Waals surface area contributed by atoms with Crippen LogP contribution in [0.2, 0.25) is 0 Å². The minimum absolute atomic E-state index is 0.116. The third kappa shape index (κ3) is 4.59. The van der Waals surface area contributed by atoms with Crippen molar-refractivity contribution in [3.05, 3.63) is 46.7 Å². The predicted molar refractivity (Wildman–Crippen MR) is 109 cm³/mol. The van der Waals surface area contributed by atoms with Gasteiger partial charge in [0.05, 0.1) is 4.88 Å². The van der Waals surface area contributed by atoms with Gasteiger partial charge in [0, 0.05) is 44.5 Å². The molecule has 8 heteroatoms. The molecule has 0 saturated carbocycles. The van der Waals surface area contributed by atoms with E-state index in [1.165, 1.54) is 18.3 Å². The molecule has 2 heterocycles. The standard InChI is InChI=1S/C18H20N4O2S2/c1-13(23)19-18(25)20-14-4-6-15(7-5-14)21-8-10-22(11-9-21)17(24)16-3-2-12-26-16/h2-7,12H,8-11H2,1H3,(H2,19,20,23,25). The number of piperazine rings is 1. The average Bonchev–Trinajstić information content (AvgIpc) is 3.16. The maximum Gasteiger partial charge on any atom is 0.264 e. The van der Waals surface area contributed by atoms with E-state index in [0.29, 0.717) is 13.1 Å². The lowest BCUT2D eigenvalue weighted by atomic mass is 10.2. The third-order valence-corrected chi connectivity index (χ3v) is 5.14. The van der Waals surface area contributed by atoms with Crippen LogP contribution in [0, 0.1) is 0 Å². The van der Waals surface area contributed by atoms with Crippen LogP contribution in [0.25, 0.3) is 0 Å². The summed E-state index contributed by atoms with van der Waals surface area (Å²) in [6.45, 7) is 4.44. The van der Waals surface area contributed by atoms with E-state index in [4.69, 9.17) is 12.2 Å². The second-order valence-electron chi connectivity index (χ2n) is 5.94. The van der Waals surface area contributed by atoms with Gasteiger partial charge in [0.15, 0.2) is 5.11 Å². The van der Waals surface area contributed by atoms with Gasteiger partial charge in [-0.25, -0.2) is 0 Å². The monoisotopic (exact) mass is 388 g/mol. The van der Waals surface area contributed by atoms with E-state index in [1.54, 1.807) is 0 Å². The third-order valence-electron chi connectivity index (χ3n) is 4.08. The Morgan fingerprint density at radius 3 is 2.35 bits per heavy atom. The highest BCUT2D eigenvalue weighted by molar-refractivity contribution is 7.80. The molecule has 0 unspecified atom stereocenters. The number of nitrogens with zero attached hydrogens (tertiary/aromatic N) is 2. The molecule has 136 valence electrons. The minimum Gasteiger partial charge on any atom is -0.368 e. The van der Waals surface area contributed by atoms with Gasteiger partial charge in [0.1, 0.15) is 0 Å². The van der Waals surface area contributed by atoms with Crippen LogP contribution < -0.4 is 15.5 Å². The molecule has 1 fully saturated rings. The van der Waals surface area contributed by atoms with Crippen molar-refractivity contribution in [2.75, 3.05) is 36.4 Å². The molecule has 1 aromatic heterocycles. The lowest BCUT2D eigenvalue weighted by Crippen LogP contribution is -2.48. The Morgan fingerprint density at radius 2 is 1.77 bits per heavy atom. The highest BCUT2D eigenvalue weighted by Crippen LogP contribution is 2.21. The van der Waals surface area contributed by atoms with Gasteiger partial charge in [-0.3, -0.25) is 9.59 Å². The Morgan fingerprint density at radius 1 is 1.08 bits per heavy atom. The first-order valence-electron chi connectivity index (χ1n) is 8.29. The normalized spacial score (nSPS) is 14.0. The van der Waals surface area contributed by atoms with Crippen molar-refractivity contribution in [2.24, 2.45) is 0 Å².